The lowest BCUT2D eigenvalue weighted by atomic mass is 10.0. The molecule has 0 aliphatic carbocycles. The quantitative estimate of drug-likeness (QED) is 0.377. The minimum absolute atomic E-state index is 0.0552. The number of hydrogen-bond donors (Lipinski definition) is 0. The van der Waals surface area contributed by atoms with Crippen LogP contribution in [0.3, 0.4) is 0 Å². The molecular formula is C17H10BrCl2F3O. The van der Waals surface area contributed by atoms with Gasteiger partial charge in [-0.3, -0.25) is 4.79 Å². The second-order valence-electron chi connectivity index (χ2n) is 5.04. The Balaban J connectivity index is 2.53. The first-order valence-corrected chi connectivity index (χ1v) is 8.18. The Morgan fingerprint density at radius 1 is 1.04 bits per heavy atom. The van der Waals surface area contributed by atoms with Gasteiger partial charge in [-0.1, -0.05) is 39.1 Å². The number of halogens is 6. The van der Waals surface area contributed by atoms with Gasteiger partial charge in [0, 0.05) is 20.1 Å². The molecule has 0 aliphatic heterocycles. The molecule has 2 rings (SSSR count). The summed E-state index contributed by atoms with van der Waals surface area (Å²) in [4.78, 5) is 12.3. The van der Waals surface area contributed by atoms with Gasteiger partial charge >= 0.3 is 6.18 Å². The summed E-state index contributed by atoms with van der Waals surface area (Å²) in [5, 5.41) is 0.110. The first kappa shape index (κ1) is 19.0. The van der Waals surface area contributed by atoms with Crippen LogP contribution in [0, 0.1) is 6.92 Å². The number of hydrogen-bond acceptors (Lipinski definition) is 1. The fraction of sp³-hybridized carbons (Fsp3) is 0.118. The van der Waals surface area contributed by atoms with Gasteiger partial charge in [0.15, 0.2) is 5.78 Å². The number of benzene rings is 2. The number of carbonyl (C=O) groups is 1. The molecule has 1 nitrogen and oxygen atoms in total. The summed E-state index contributed by atoms with van der Waals surface area (Å²) >= 11 is 14.8. The molecule has 0 radical (unpaired) electrons. The maximum Gasteiger partial charge on any atom is 0.417 e. The molecule has 0 unspecified atom stereocenters. The molecule has 0 saturated heterocycles. The number of alkyl halides is 3. The Labute approximate surface area is 155 Å². The molecule has 0 amide bonds. The van der Waals surface area contributed by atoms with E-state index in [1.807, 2.05) is 0 Å². The van der Waals surface area contributed by atoms with Crippen molar-refractivity contribution in [2.45, 2.75) is 13.1 Å². The molecular weight excluding hydrogens is 428 g/mol. The van der Waals surface area contributed by atoms with E-state index in [-0.39, 0.29) is 21.2 Å². The van der Waals surface area contributed by atoms with Crippen molar-refractivity contribution >= 4 is 50.5 Å². The fourth-order valence-corrected chi connectivity index (χ4v) is 2.82. The Bertz CT molecular complexity index is 809. The molecule has 0 bridgehead atoms. The van der Waals surface area contributed by atoms with Gasteiger partial charge < -0.3 is 0 Å². The van der Waals surface area contributed by atoms with Crippen LogP contribution in [-0.2, 0) is 0 Å². The molecule has 0 heterocycles. The largest absolute Gasteiger partial charge is 0.417 e. The molecule has 2 aromatic carbocycles. The second-order valence-corrected chi connectivity index (χ2v) is 6.77. The minimum atomic E-state index is -4.73. The third kappa shape index (κ3) is 4.62. The molecule has 0 spiro atoms. The Morgan fingerprint density at radius 3 is 2.12 bits per heavy atom. The zero-order chi connectivity index (χ0) is 18.1. The van der Waals surface area contributed by atoms with Crippen LogP contribution in [0.4, 0.5) is 13.2 Å². The van der Waals surface area contributed by atoms with Crippen molar-refractivity contribution in [3.8, 4) is 0 Å². The number of ketones is 1. The van der Waals surface area contributed by atoms with Crippen LogP contribution in [0.5, 0.6) is 0 Å². The monoisotopic (exact) mass is 436 g/mol. The minimum Gasteiger partial charge on any atom is -0.289 e. The molecule has 0 fully saturated rings. The van der Waals surface area contributed by atoms with E-state index in [9.17, 15) is 18.0 Å². The molecule has 0 N–H and O–H groups in total. The Morgan fingerprint density at radius 2 is 1.62 bits per heavy atom. The lowest BCUT2D eigenvalue weighted by Crippen LogP contribution is -2.13. The van der Waals surface area contributed by atoms with Gasteiger partial charge in [-0.25, -0.2) is 0 Å². The summed E-state index contributed by atoms with van der Waals surface area (Å²) in [5.41, 5.74) is -0.459. The zero-order valence-electron chi connectivity index (χ0n) is 12.2. The average molecular weight is 438 g/mol. The zero-order valence-corrected chi connectivity index (χ0v) is 15.3. The van der Waals surface area contributed by atoms with Crippen LogP contribution >= 0.6 is 39.1 Å². The van der Waals surface area contributed by atoms with E-state index in [2.05, 4.69) is 15.9 Å². The smallest absolute Gasteiger partial charge is 0.289 e. The highest BCUT2D eigenvalue weighted by atomic mass is 79.9. The highest BCUT2D eigenvalue weighted by Crippen LogP contribution is 2.36. The first-order valence-electron chi connectivity index (χ1n) is 6.64. The molecule has 126 valence electrons. The number of allylic oxidation sites excluding steroid dienone is 2. The molecule has 2 aromatic rings. The molecule has 0 aliphatic rings. The van der Waals surface area contributed by atoms with Gasteiger partial charge in [0.25, 0.3) is 0 Å². The van der Waals surface area contributed by atoms with Crippen molar-refractivity contribution in [2.24, 2.45) is 0 Å². The van der Waals surface area contributed by atoms with Crippen LogP contribution in [0.1, 0.15) is 21.5 Å². The van der Waals surface area contributed by atoms with E-state index in [1.54, 1.807) is 13.0 Å². The topological polar surface area (TPSA) is 17.1 Å². The third-order valence-corrected chi connectivity index (χ3v) is 4.52. The maximum absolute atomic E-state index is 13.4. The van der Waals surface area contributed by atoms with Crippen LogP contribution in [0.2, 0.25) is 10.0 Å². The highest BCUT2D eigenvalue weighted by Gasteiger charge is 2.35. The van der Waals surface area contributed by atoms with Gasteiger partial charge in [0.2, 0.25) is 0 Å². The van der Waals surface area contributed by atoms with Gasteiger partial charge in [-0.15, -0.1) is 0 Å². The van der Waals surface area contributed by atoms with Gasteiger partial charge in [-0.05, 0) is 60.5 Å². The number of carbonyl (C=O) groups excluding carboxylic acids is 1. The van der Waals surface area contributed by atoms with Crippen molar-refractivity contribution < 1.29 is 18.0 Å². The Hall–Kier alpha value is -1.30. The predicted octanol–water partition coefficient (Wildman–Crippen LogP) is 6.89. The van der Waals surface area contributed by atoms with E-state index >= 15 is 0 Å². The van der Waals surface area contributed by atoms with Gasteiger partial charge in [-0.2, -0.15) is 13.2 Å². The van der Waals surface area contributed by atoms with E-state index in [4.69, 9.17) is 23.2 Å². The van der Waals surface area contributed by atoms with E-state index in [1.165, 1.54) is 18.2 Å². The standard InChI is InChI=1S/C17H10BrCl2F3O/c1-9-4-10(2-3-15(9)18)16(24)8-14(17(21,22)23)11-5-12(19)7-13(20)6-11/h2-8H,1H3/b14-8+. The molecule has 7 heteroatoms. The first-order chi connectivity index (χ1) is 11.1. The summed E-state index contributed by atoms with van der Waals surface area (Å²) in [6, 6.07) is 8.14. The summed E-state index contributed by atoms with van der Waals surface area (Å²) in [5.74, 6) is -0.756. The van der Waals surface area contributed by atoms with Crippen LogP contribution < -0.4 is 0 Å². The summed E-state index contributed by atoms with van der Waals surface area (Å²) < 4.78 is 40.9. The normalized spacial score (nSPS) is 12.4. The molecule has 0 atom stereocenters. The van der Waals surface area contributed by atoms with Crippen molar-refractivity contribution in [1.82, 2.24) is 0 Å². The van der Waals surface area contributed by atoms with Crippen LogP contribution in [0.15, 0.2) is 46.9 Å². The van der Waals surface area contributed by atoms with Gasteiger partial charge in [0.1, 0.15) is 0 Å². The van der Waals surface area contributed by atoms with Crippen molar-refractivity contribution in [1.29, 1.82) is 0 Å². The van der Waals surface area contributed by atoms with Crippen LogP contribution in [0.25, 0.3) is 5.57 Å². The highest BCUT2D eigenvalue weighted by molar-refractivity contribution is 9.10. The third-order valence-electron chi connectivity index (χ3n) is 3.20. The second kappa shape index (κ2) is 7.30. The average Bonchev–Trinajstić information content (AvgIpc) is 2.45. The van der Waals surface area contributed by atoms with Crippen molar-refractivity contribution in [3.63, 3.8) is 0 Å². The lowest BCUT2D eigenvalue weighted by molar-refractivity contribution is -0.0689. The summed E-state index contributed by atoms with van der Waals surface area (Å²) in [6.07, 6.45) is -4.17. The summed E-state index contributed by atoms with van der Waals surface area (Å²) in [7, 11) is 0. The van der Waals surface area contributed by atoms with Crippen molar-refractivity contribution in [3.05, 3.63) is 73.7 Å². The predicted molar refractivity (Wildman–Crippen MR) is 93.7 cm³/mol. The number of rotatable bonds is 3. The lowest BCUT2D eigenvalue weighted by Gasteiger charge is -2.13. The summed E-state index contributed by atoms with van der Waals surface area (Å²) in [6.45, 7) is 1.74. The Kier molecular flexibility index (Phi) is 5.78. The van der Waals surface area contributed by atoms with Crippen molar-refractivity contribution in [2.75, 3.05) is 0 Å². The van der Waals surface area contributed by atoms with E-state index in [0.717, 1.165) is 22.2 Å². The SMILES string of the molecule is Cc1cc(C(=O)/C=C(\c2cc(Cl)cc(Cl)c2)C(F)(F)F)ccc1Br. The van der Waals surface area contributed by atoms with E-state index in [0.29, 0.717) is 6.08 Å². The van der Waals surface area contributed by atoms with E-state index < -0.39 is 17.5 Å². The molecule has 24 heavy (non-hydrogen) atoms. The van der Waals surface area contributed by atoms with Gasteiger partial charge in [0.05, 0.1) is 5.57 Å². The maximum atomic E-state index is 13.4. The number of aryl methyl sites for hydroxylation is 1. The molecule has 0 aromatic heterocycles. The van der Waals surface area contributed by atoms with Crippen LogP contribution in [-0.4, -0.2) is 12.0 Å². The molecule has 0 saturated carbocycles. The fourth-order valence-electron chi connectivity index (χ4n) is 2.05.